The van der Waals surface area contributed by atoms with Gasteiger partial charge in [-0.25, -0.2) is 0 Å². The maximum Gasteiger partial charge on any atom is 0.187 e. The van der Waals surface area contributed by atoms with Gasteiger partial charge in [0.05, 0.1) is 38.6 Å². The summed E-state index contributed by atoms with van der Waals surface area (Å²) in [7, 11) is 0. The molecule has 0 aromatic heterocycles. The second-order valence-corrected chi connectivity index (χ2v) is 15.4. The highest BCUT2D eigenvalue weighted by Gasteiger charge is 2.55. The maximum atomic E-state index is 11.2. The Morgan fingerprint density at radius 3 is 1.54 bits per heavy atom. The van der Waals surface area contributed by atoms with E-state index in [1.807, 2.05) is 0 Å². The second-order valence-electron chi connectivity index (χ2n) is 15.4. The summed E-state index contributed by atoms with van der Waals surface area (Å²) in [4.78, 5) is 0. The second kappa shape index (κ2) is 19.8. The molecule has 6 heterocycles. The molecule has 0 spiro atoms. The molecule has 59 heavy (non-hydrogen) atoms. The molecule has 6 aliphatic rings. The van der Waals surface area contributed by atoms with Gasteiger partial charge in [0.2, 0.25) is 0 Å². The van der Waals surface area contributed by atoms with Gasteiger partial charge in [-0.15, -0.1) is 0 Å². The zero-order valence-electron chi connectivity index (χ0n) is 31.6. The van der Waals surface area contributed by atoms with Crippen molar-refractivity contribution in [2.24, 2.45) is 0 Å². The molecular formula is C33H56O26. The Bertz CT molecular complexity index is 1320. The summed E-state index contributed by atoms with van der Waals surface area (Å²) in [5.41, 5.74) is 0. The van der Waals surface area contributed by atoms with Crippen LogP contribution < -0.4 is 0 Å². The third kappa shape index (κ3) is 9.88. The van der Waals surface area contributed by atoms with E-state index in [2.05, 4.69) is 0 Å². The molecule has 6 fully saturated rings. The zero-order valence-corrected chi connectivity index (χ0v) is 31.6. The summed E-state index contributed by atoms with van der Waals surface area (Å²) in [5, 5.41) is 158. The molecule has 6 saturated heterocycles. The summed E-state index contributed by atoms with van der Waals surface area (Å²) in [6.07, 6.45) is -44.9. The molecule has 0 aliphatic carbocycles. The van der Waals surface area contributed by atoms with Gasteiger partial charge >= 0.3 is 0 Å². The minimum Gasteiger partial charge on any atom is -0.394 e. The van der Waals surface area contributed by atoms with Gasteiger partial charge in [0.25, 0.3) is 0 Å². The van der Waals surface area contributed by atoms with Crippen molar-refractivity contribution >= 4 is 0 Å². The molecular weight excluding hydrogens is 812 g/mol. The number of rotatable bonds is 11. The first-order valence-corrected chi connectivity index (χ1v) is 19.1. The topological polar surface area (TPSA) is 405 Å². The summed E-state index contributed by atoms with van der Waals surface area (Å²) >= 11 is 0. The van der Waals surface area contributed by atoms with Crippen LogP contribution in [0.3, 0.4) is 0 Å². The largest absolute Gasteiger partial charge is 0.394 e. The van der Waals surface area contributed by atoms with Crippen LogP contribution in [0.5, 0.6) is 0 Å². The molecule has 0 amide bonds. The fourth-order valence-corrected chi connectivity index (χ4v) is 7.48. The standard InChI is InChI=1S/C33H56O26/c1-7-13(37)18(42)21(45)30(52-7)59-27-16(40)10(36)5-50-33(27)56-24-11(3-34)54-31(22(46)19(24)43)55-12-6-51-29(20(44)17(12)41)57-25-14(38)8(2)53-32(23(25)47)58-26-15(39)9(35)4-49-28(26)48/h7-48H,3-6H2,1-2H3/t7-,8-,9+,10+,11+,12+,13-,14-,15-,16-,17-,18+,19+,20+,21+,22+,23+,24+,25+,26+,27+,28+,29-,30-,31-,32-,33-/m0/s1. The van der Waals surface area contributed by atoms with E-state index in [9.17, 15) is 76.6 Å². The van der Waals surface area contributed by atoms with Crippen LogP contribution >= 0.6 is 0 Å². The van der Waals surface area contributed by atoms with Gasteiger partial charge in [0.1, 0.15) is 116 Å². The van der Waals surface area contributed by atoms with Crippen molar-refractivity contribution in [2.45, 2.75) is 180 Å². The fraction of sp³-hybridized carbons (Fsp3) is 1.00. The average Bonchev–Trinajstić information content (AvgIpc) is 3.21. The number of aliphatic hydroxyl groups is 15. The first-order chi connectivity index (χ1) is 27.8. The molecule has 26 nitrogen and oxygen atoms in total. The predicted octanol–water partition coefficient (Wildman–Crippen LogP) is -10.1. The summed E-state index contributed by atoms with van der Waals surface area (Å²) in [5.74, 6) is 0. The highest BCUT2D eigenvalue weighted by Crippen LogP contribution is 2.34. The lowest BCUT2D eigenvalue weighted by molar-refractivity contribution is -0.387. The fourth-order valence-electron chi connectivity index (χ4n) is 7.48. The van der Waals surface area contributed by atoms with Crippen molar-refractivity contribution in [3.63, 3.8) is 0 Å². The van der Waals surface area contributed by atoms with E-state index < -0.39 is 192 Å². The van der Waals surface area contributed by atoms with E-state index in [4.69, 9.17) is 52.1 Å². The summed E-state index contributed by atoms with van der Waals surface area (Å²) < 4.78 is 60.8. The Morgan fingerprint density at radius 1 is 0.390 bits per heavy atom. The number of aliphatic hydroxyl groups excluding tert-OH is 15. The van der Waals surface area contributed by atoms with Crippen molar-refractivity contribution in [3.05, 3.63) is 0 Å². The third-order valence-corrected chi connectivity index (χ3v) is 11.2. The molecule has 344 valence electrons. The minimum atomic E-state index is -2.00. The maximum absolute atomic E-state index is 11.2. The Balaban J connectivity index is 1.06. The zero-order chi connectivity index (χ0) is 43.2. The van der Waals surface area contributed by atoms with Crippen LogP contribution in [0.4, 0.5) is 0 Å². The monoisotopic (exact) mass is 868 g/mol. The van der Waals surface area contributed by atoms with Crippen LogP contribution in [0.2, 0.25) is 0 Å². The molecule has 15 N–H and O–H groups in total. The molecule has 0 unspecified atom stereocenters. The lowest BCUT2D eigenvalue weighted by Gasteiger charge is -2.48. The van der Waals surface area contributed by atoms with E-state index in [0.717, 1.165) is 0 Å². The van der Waals surface area contributed by atoms with Crippen molar-refractivity contribution in [3.8, 4) is 0 Å². The van der Waals surface area contributed by atoms with Crippen molar-refractivity contribution in [2.75, 3.05) is 26.4 Å². The quantitative estimate of drug-likeness (QED) is 0.0916. The Morgan fingerprint density at radius 2 is 0.881 bits per heavy atom. The SMILES string of the molecule is C[C@@H]1O[C@@H](O[C@H]2[C@H](O[C@H]3[C@H](O)[C@@H](O)[C@H](O[C@@H]4CO[C@@H](O[C@@H]5[C@@H](O)[C@H](C)O[C@@H](O[C@@H]6[C@@H](O)[C@H](O)CO[C@H]6O)[C@@H]5O)[C@H](O)[C@H]4O)O[C@@H]3CO)OC[C@@H](O)[C@@H]2O)[C@H](O)[C@H](O)[C@H]1O. The molecule has 0 aromatic carbocycles. The first-order valence-electron chi connectivity index (χ1n) is 19.1. The lowest BCUT2D eigenvalue weighted by atomic mass is 9.97. The number of hydrogen-bond donors (Lipinski definition) is 15. The summed E-state index contributed by atoms with van der Waals surface area (Å²) in [6.45, 7) is 0.332. The van der Waals surface area contributed by atoms with Gasteiger partial charge in [-0.05, 0) is 13.8 Å². The van der Waals surface area contributed by atoms with Gasteiger partial charge in [-0.3, -0.25) is 0 Å². The molecule has 0 aromatic rings. The van der Waals surface area contributed by atoms with Gasteiger partial charge < -0.3 is 129 Å². The van der Waals surface area contributed by atoms with Crippen LogP contribution in [-0.2, 0) is 52.1 Å². The van der Waals surface area contributed by atoms with E-state index >= 15 is 0 Å². The Labute approximate surface area is 335 Å². The van der Waals surface area contributed by atoms with Crippen molar-refractivity contribution < 1.29 is 129 Å². The first kappa shape index (κ1) is 47.4. The highest BCUT2D eigenvalue weighted by molar-refractivity contribution is 4.97. The molecule has 0 bridgehead atoms. The average molecular weight is 869 g/mol. The smallest absolute Gasteiger partial charge is 0.187 e. The van der Waals surface area contributed by atoms with E-state index in [-0.39, 0.29) is 0 Å². The normalized spacial score (nSPS) is 55.2. The van der Waals surface area contributed by atoms with Crippen LogP contribution in [0, 0.1) is 0 Å². The molecule has 26 heteroatoms. The van der Waals surface area contributed by atoms with E-state index in [0.29, 0.717) is 0 Å². The van der Waals surface area contributed by atoms with Gasteiger partial charge in [0, 0.05) is 0 Å². The van der Waals surface area contributed by atoms with E-state index in [1.165, 1.54) is 13.8 Å². The third-order valence-electron chi connectivity index (χ3n) is 11.2. The van der Waals surface area contributed by atoms with Crippen LogP contribution in [0.1, 0.15) is 13.8 Å². The van der Waals surface area contributed by atoms with Crippen LogP contribution in [0.15, 0.2) is 0 Å². The molecule has 6 rings (SSSR count). The van der Waals surface area contributed by atoms with Crippen LogP contribution in [0.25, 0.3) is 0 Å². The molecule has 6 aliphatic heterocycles. The van der Waals surface area contributed by atoms with E-state index in [1.54, 1.807) is 0 Å². The number of ether oxygens (including phenoxy) is 11. The Kier molecular flexibility index (Phi) is 15.9. The molecule has 27 atom stereocenters. The summed E-state index contributed by atoms with van der Waals surface area (Å²) in [6, 6.07) is 0. The van der Waals surface area contributed by atoms with Crippen molar-refractivity contribution in [1.82, 2.24) is 0 Å². The van der Waals surface area contributed by atoms with Gasteiger partial charge in [0.15, 0.2) is 37.7 Å². The van der Waals surface area contributed by atoms with Crippen LogP contribution in [-0.4, -0.2) is 269 Å². The molecule has 0 radical (unpaired) electrons. The Hall–Kier alpha value is -1.04. The van der Waals surface area contributed by atoms with Crippen molar-refractivity contribution in [1.29, 1.82) is 0 Å². The lowest BCUT2D eigenvalue weighted by Crippen LogP contribution is -2.66. The molecule has 0 saturated carbocycles. The van der Waals surface area contributed by atoms with Gasteiger partial charge in [-0.1, -0.05) is 0 Å². The number of hydrogen-bond acceptors (Lipinski definition) is 26. The predicted molar refractivity (Wildman–Crippen MR) is 178 cm³/mol. The van der Waals surface area contributed by atoms with Gasteiger partial charge in [-0.2, -0.15) is 0 Å². The highest BCUT2D eigenvalue weighted by atomic mass is 16.8. The minimum absolute atomic E-state index is 0.403.